The molecule has 0 radical (unpaired) electrons. The topological polar surface area (TPSA) is 43.4 Å². The molecule has 3 rings (SSSR count). The maximum absolute atomic E-state index is 12.0. The molecular formula is C14H22O3. The fraction of sp³-hybridized carbons (Fsp3) is 0.857. The van der Waals surface area contributed by atoms with Gasteiger partial charge in [-0.1, -0.05) is 20.8 Å². The quantitative estimate of drug-likeness (QED) is 0.709. The Balaban J connectivity index is 2.05. The molecule has 3 saturated carbocycles. The largest absolute Gasteiger partial charge is 0.469 e. The molecule has 96 valence electrons. The van der Waals surface area contributed by atoms with Gasteiger partial charge in [0.05, 0.1) is 13.0 Å². The highest BCUT2D eigenvalue weighted by Gasteiger charge is 2.57. The lowest BCUT2D eigenvalue weighted by molar-refractivity contribution is -0.159. The van der Waals surface area contributed by atoms with Gasteiger partial charge in [0.1, 0.15) is 5.78 Å². The van der Waals surface area contributed by atoms with Gasteiger partial charge >= 0.3 is 5.97 Å². The van der Waals surface area contributed by atoms with Crippen molar-refractivity contribution in [3.05, 3.63) is 0 Å². The Morgan fingerprint density at radius 3 is 2.71 bits per heavy atom. The summed E-state index contributed by atoms with van der Waals surface area (Å²) >= 11 is 0. The van der Waals surface area contributed by atoms with Gasteiger partial charge in [-0.3, -0.25) is 9.59 Å². The number of ether oxygens (including phenoxy) is 1. The summed E-state index contributed by atoms with van der Waals surface area (Å²) in [6.07, 6.45) is 2.53. The van der Waals surface area contributed by atoms with Crippen molar-refractivity contribution >= 4 is 11.8 Å². The van der Waals surface area contributed by atoms with Crippen molar-refractivity contribution in [3.63, 3.8) is 0 Å². The standard InChI is InChI=1S/C14H22O3/c1-8(13(16)17-4)5-10-11-6-9(7-12(10)15)14(11,2)3/h8-11H,5-7H2,1-4H3/t8?,9-,10-,11+/m1/s1. The molecule has 1 unspecified atom stereocenters. The zero-order valence-electron chi connectivity index (χ0n) is 11.2. The number of Topliss-reactive ketones (excluding diaryl/α,β-unsaturated/α-hetero) is 1. The third-order valence-corrected chi connectivity index (χ3v) is 5.10. The van der Waals surface area contributed by atoms with Gasteiger partial charge < -0.3 is 4.74 Å². The minimum Gasteiger partial charge on any atom is -0.469 e. The molecule has 3 heteroatoms. The van der Waals surface area contributed by atoms with E-state index in [1.807, 2.05) is 6.92 Å². The van der Waals surface area contributed by atoms with Crippen LogP contribution in [-0.4, -0.2) is 18.9 Å². The Bertz CT molecular complexity index is 345. The molecule has 0 aromatic rings. The number of carbonyl (C=O) groups excluding carboxylic acids is 2. The first kappa shape index (κ1) is 12.6. The summed E-state index contributed by atoms with van der Waals surface area (Å²) in [6.45, 7) is 6.37. The van der Waals surface area contributed by atoms with Gasteiger partial charge in [-0.25, -0.2) is 0 Å². The van der Waals surface area contributed by atoms with Gasteiger partial charge in [-0.2, -0.15) is 0 Å². The molecule has 17 heavy (non-hydrogen) atoms. The van der Waals surface area contributed by atoms with Crippen LogP contribution in [0.1, 0.15) is 40.0 Å². The third-order valence-electron chi connectivity index (χ3n) is 5.10. The lowest BCUT2D eigenvalue weighted by atomic mass is 9.44. The molecule has 3 aliphatic rings. The number of ketones is 1. The lowest BCUT2D eigenvalue weighted by Gasteiger charge is -2.59. The van der Waals surface area contributed by atoms with Gasteiger partial charge in [0.15, 0.2) is 0 Å². The van der Waals surface area contributed by atoms with Crippen LogP contribution in [0.3, 0.4) is 0 Å². The molecule has 0 aliphatic heterocycles. The molecule has 0 N–H and O–H groups in total. The lowest BCUT2D eigenvalue weighted by Crippen LogP contribution is -2.56. The van der Waals surface area contributed by atoms with Crippen molar-refractivity contribution in [2.45, 2.75) is 40.0 Å². The predicted molar refractivity (Wildman–Crippen MR) is 64.3 cm³/mol. The highest BCUT2D eigenvalue weighted by molar-refractivity contribution is 5.84. The highest BCUT2D eigenvalue weighted by Crippen LogP contribution is 2.61. The molecule has 0 heterocycles. The van der Waals surface area contributed by atoms with E-state index in [1.165, 1.54) is 7.11 Å². The normalized spacial score (nSPS) is 36.0. The molecule has 0 aromatic heterocycles. The van der Waals surface area contributed by atoms with E-state index in [-0.39, 0.29) is 23.2 Å². The fourth-order valence-corrected chi connectivity index (χ4v) is 3.68. The molecule has 2 bridgehead atoms. The minimum atomic E-state index is -0.197. The van der Waals surface area contributed by atoms with Crippen molar-refractivity contribution in [1.29, 1.82) is 0 Å². The molecule has 0 amide bonds. The van der Waals surface area contributed by atoms with Gasteiger partial charge in [0.2, 0.25) is 0 Å². The highest BCUT2D eigenvalue weighted by atomic mass is 16.5. The molecular weight excluding hydrogens is 216 g/mol. The Morgan fingerprint density at radius 1 is 1.53 bits per heavy atom. The number of hydrogen-bond donors (Lipinski definition) is 0. The number of rotatable bonds is 3. The summed E-state index contributed by atoms with van der Waals surface area (Å²) < 4.78 is 4.74. The molecule has 0 spiro atoms. The van der Waals surface area contributed by atoms with Crippen molar-refractivity contribution in [3.8, 4) is 0 Å². The first-order chi connectivity index (χ1) is 7.87. The Labute approximate surface area is 103 Å². The predicted octanol–water partition coefficient (Wildman–Crippen LogP) is 2.44. The number of hydrogen-bond acceptors (Lipinski definition) is 3. The van der Waals surface area contributed by atoms with E-state index in [4.69, 9.17) is 4.74 Å². The summed E-state index contributed by atoms with van der Waals surface area (Å²) in [4.78, 5) is 23.5. The van der Waals surface area contributed by atoms with Gasteiger partial charge in [-0.15, -0.1) is 0 Å². The molecule has 0 saturated heterocycles. The van der Waals surface area contributed by atoms with E-state index >= 15 is 0 Å². The zero-order valence-corrected chi connectivity index (χ0v) is 11.2. The number of carbonyl (C=O) groups is 2. The van der Waals surface area contributed by atoms with Crippen molar-refractivity contribution in [1.82, 2.24) is 0 Å². The monoisotopic (exact) mass is 238 g/mol. The van der Waals surface area contributed by atoms with E-state index in [2.05, 4.69) is 13.8 Å². The maximum Gasteiger partial charge on any atom is 0.308 e. The van der Waals surface area contributed by atoms with Crippen molar-refractivity contribution < 1.29 is 14.3 Å². The molecule has 4 atom stereocenters. The average molecular weight is 238 g/mol. The number of methoxy groups -OCH3 is 1. The van der Waals surface area contributed by atoms with E-state index < -0.39 is 0 Å². The number of esters is 1. The summed E-state index contributed by atoms with van der Waals surface area (Å²) in [5.41, 5.74) is 0.286. The Hall–Kier alpha value is -0.860. The van der Waals surface area contributed by atoms with Gasteiger partial charge in [0.25, 0.3) is 0 Å². The van der Waals surface area contributed by atoms with Crippen LogP contribution in [0.15, 0.2) is 0 Å². The number of fused-ring (bicyclic) bond motifs is 2. The van der Waals surface area contributed by atoms with E-state index in [0.29, 0.717) is 30.5 Å². The average Bonchev–Trinajstić information content (AvgIpc) is 2.29. The Morgan fingerprint density at radius 2 is 2.18 bits per heavy atom. The third kappa shape index (κ3) is 1.90. The van der Waals surface area contributed by atoms with Crippen LogP contribution in [0.4, 0.5) is 0 Å². The zero-order chi connectivity index (χ0) is 12.8. The minimum absolute atomic E-state index is 0.0732. The molecule has 3 fully saturated rings. The van der Waals surface area contributed by atoms with Crippen LogP contribution in [0.25, 0.3) is 0 Å². The second-order valence-electron chi connectivity index (χ2n) is 6.30. The first-order valence-corrected chi connectivity index (χ1v) is 6.48. The fourth-order valence-electron chi connectivity index (χ4n) is 3.68. The Kier molecular flexibility index (Phi) is 3.04. The summed E-state index contributed by atoms with van der Waals surface area (Å²) in [6, 6.07) is 0. The van der Waals surface area contributed by atoms with Crippen LogP contribution in [0.5, 0.6) is 0 Å². The van der Waals surface area contributed by atoms with E-state index in [0.717, 1.165) is 6.42 Å². The van der Waals surface area contributed by atoms with E-state index in [1.54, 1.807) is 0 Å². The SMILES string of the molecule is COC(=O)C(C)C[C@H]1C(=O)C[C@H]2C[C@@H]1C2(C)C. The summed E-state index contributed by atoms with van der Waals surface area (Å²) in [7, 11) is 1.41. The first-order valence-electron chi connectivity index (χ1n) is 6.48. The van der Waals surface area contributed by atoms with Gasteiger partial charge in [0, 0.05) is 12.3 Å². The smallest absolute Gasteiger partial charge is 0.308 e. The molecule has 3 nitrogen and oxygen atoms in total. The van der Waals surface area contributed by atoms with E-state index in [9.17, 15) is 9.59 Å². The second-order valence-corrected chi connectivity index (χ2v) is 6.30. The maximum atomic E-state index is 12.0. The second kappa shape index (κ2) is 4.11. The van der Waals surface area contributed by atoms with Crippen LogP contribution in [0.2, 0.25) is 0 Å². The van der Waals surface area contributed by atoms with Crippen molar-refractivity contribution in [2.24, 2.45) is 29.1 Å². The summed E-state index contributed by atoms with van der Waals surface area (Å²) in [5.74, 6) is 1.12. The van der Waals surface area contributed by atoms with Crippen LogP contribution < -0.4 is 0 Å². The molecule has 0 aromatic carbocycles. The van der Waals surface area contributed by atoms with Crippen LogP contribution in [-0.2, 0) is 14.3 Å². The van der Waals surface area contributed by atoms with Crippen LogP contribution >= 0.6 is 0 Å². The van der Waals surface area contributed by atoms with Gasteiger partial charge in [-0.05, 0) is 30.1 Å². The summed E-state index contributed by atoms with van der Waals surface area (Å²) in [5, 5.41) is 0. The van der Waals surface area contributed by atoms with Crippen molar-refractivity contribution in [2.75, 3.05) is 7.11 Å². The van der Waals surface area contributed by atoms with Crippen LogP contribution in [0, 0.1) is 29.1 Å². The molecule has 3 aliphatic carbocycles.